The lowest BCUT2D eigenvalue weighted by Crippen LogP contribution is -1.98. The molecule has 0 saturated heterocycles. The fraction of sp³-hybridized carbons (Fsp3) is 0.429. The van der Waals surface area contributed by atoms with Crippen molar-refractivity contribution >= 4 is 10.9 Å². The summed E-state index contributed by atoms with van der Waals surface area (Å²) in [5, 5.41) is 11.0. The predicted octanol–water partition coefficient (Wildman–Crippen LogP) is 3.40. The molecule has 1 heterocycles. The maximum Gasteiger partial charge on any atom is 0.129 e. The average molecular weight is 233 g/mol. The monoisotopic (exact) mass is 233 g/mol. The van der Waals surface area contributed by atoms with E-state index < -0.39 is 6.10 Å². The molecule has 0 saturated carbocycles. The van der Waals surface area contributed by atoms with Crippen LogP contribution in [0.25, 0.3) is 10.9 Å². The van der Waals surface area contributed by atoms with E-state index in [-0.39, 0.29) is 0 Å². The average Bonchev–Trinajstić information content (AvgIpc) is 2.79. The molecule has 17 heavy (non-hydrogen) atoms. The lowest BCUT2D eigenvalue weighted by molar-refractivity contribution is 0.175. The molecule has 0 amide bonds. The highest BCUT2D eigenvalue weighted by Crippen LogP contribution is 2.33. The number of aliphatic hydroxyl groups excluding tert-OH is 1. The lowest BCUT2D eigenvalue weighted by atomic mass is 10.1. The Morgan fingerprint density at radius 3 is 2.88 bits per heavy atom. The van der Waals surface area contributed by atoms with E-state index in [9.17, 15) is 5.11 Å². The molecule has 1 atom stereocenters. The Labute approximate surface area is 101 Å². The van der Waals surface area contributed by atoms with Crippen molar-refractivity contribution in [2.24, 2.45) is 0 Å². The Hall–Kier alpha value is -1.48. The maximum atomic E-state index is 9.99. The van der Waals surface area contributed by atoms with Crippen LogP contribution in [0, 0.1) is 0 Å². The van der Waals surface area contributed by atoms with Gasteiger partial charge in [0.25, 0.3) is 0 Å². The zero-order valence-electron chi connectivity index (χ0n) is 10.4. The summed E-state index contributed by atoms with van der Waals surface area (Å²) in [6.45, 7) is 4.75. The predicted molar refractivity (Wildman–Crippen MR) is 69.3 cm³/mol. The van der Waals surface area contributed by atoms with Crippen LogP contribution < -0.4 is 4.74 Å². The first-order chi connectivity index (χ1) is 8.27. The molecule has 0 unspecified atom stereocenters. The van der Waals surface area contributed by atoms with Gasteiger partial charge >= 0.3 is 0 Å². The van der Waals surface area contributed by atoms with Crippen molar-refractivity contribution in [2.45, 2.75) is 32.8 Å². The van der Waals surface area contributed by atoms with Gasteiger partial charge in [-0.3, -0.25) is 0 Å². The first-order valence-corrected chi connectivity index (χ1v) is 6.18. The van der Waals surface area contributed by atoms with Crippen LogP contribution in [0.5, 0.6) is 5.75 Å². The largest absolute Gasteiger partial charge is 0.493 e. The van der Waals surface area contributed by atoms with Gasteiger partial charge in [0.15, 0.2) is 0 Å². The van der Waals surface area contributed by atoms with Crippen LogP contribution in [-0.2, 0) is 0 Å². The molecule has 0 aliphatic rings. The summed E-state index contributed by atoms with van der Waals surface area (Å²) in [7, 11) is 0. The number of fused-ring (bicyclic) bond motifs is 1. The van der Waals surface area contributed by atoms with Gasteiger partial charge in [0.05, 0.1) is 12.7 Å². The van der Waals surface area contributed by atoms with Crippen LogP contribution in [-0.4, -0.2) is 16.7 Å². The van der Waals surface area contributed by atoms with Crippen LogP contribution in [0.4, 0.5) is 0 Å². The van der Waals surface area contributed by atoms with Gasteiger partial charge < -0.3 is 14.8 Å². The van der Waals surface area contributed by atoms with Gasteiger partial charge in [-0.05, 0) is 25.0 Å². The van der Waals surface area contributed by atoms with Crippen LogP contribution >= 0.6 is 0 Å². The number of aromatic amines is 1. The number of ether oxygens (including phenoxy) is 1. The summed E-state index contributed by atoms with van der Waals surface area (Å²) >= 11 is 0. The fourth-order valence-electron chi connectivity index (χ4n) is 1.99. The second kappa shape index (κ2) is 5.23. The summed E-state index contributed by atoms with van der Waals surface area (Å²) < 4.78 is 5.73. The van der Waals surface area contributed by atoms with Crippen molar-refractivity contribution in [1.29, 1.82) is 0 Å². The van der Waals surface area contributed by atoms with E-state index >= 15 is 0 Å². The second-order valence-corrected chi connectivity index (χ2v) is 4.20. The number of aromatic nitrogens is 1. The second-order valence-electron chi connectivity index (χ2n) is 4.20. The van der Waals surface area contributed by atoms with Gasteiger partial charge in [0.2, 0.25) is 0 Å². The SMILES string of the molecule is CCCOc1cccc2[nH]cc([C@H](O)CC)c12. The van der Waals surface area contributed by atoms with E-state index in [2.05, 4.69) is 11.9 Å². The quantitative estimate of drug-likeness (QED) is 0.831. The van der Waals surface area contributed by atoms with E-state index in [0.29, 0.717) is 13.0 Å². The standard InChI is InChI=1S/C14H19NO2/c1-3-8-17-13-7-5-6-11-14(13)10(9-15-11)12(16)4-2/h5-7,9,12,15-16H,3-4,8H2,1-2H3/t12-/m1/s1. The van der Waals surface area contributed by atoms with E-state index in [1.54, 1.807) is 0 Å². The highest BCUT2D eigenvalue weighted by molar-refractivity contribution is 5.89. The van der Waals surface area contributed by atoms with Crippen molar-refractivity contribution in [2.75, 3.05) is 6.61 Å². The molecular formula is C14H19NO2. The minimum absolute atomic E-state index is 0.435. The van der Waals surface area contributed by atoms with Crippen molar-refractivity contribution in [1.82, 2.24) is 4.98 Å². The molecule has 3 nitrogen and oxygen atoms in total. The first-order valence-electron chi connectivity index (χ1n) is 6.18. The minimum atomic E-state index is -0.435. The lowest BCUT2D eigenvalue weighted by Gasteiger charge is -2.10. The number of hydrogen-bond acceptors (Lipinski definition) is 2. The fourth-order valence-corrected chi connectivity index (χ4v) is 1.99. The molecule has 2 N–H and O–H groups in total. The summed E-state index contributed by atoms with van der Waals surface area (Å²) in [6, 6.07) is 5.92. The smallest absolute Gasteiger partial charge is 0.129 e. The highest BCUT2D eigenvalue weighted by Gasteiger charge is 2.14. The van der Waals surface area contributed by atoms with E-state index in [4.69, 9.17) is 4.74 Å². The zero-order chi connectivity index (χ0) is 12.3. The van der Waals surface area contributed by atoms with Crippen LogP contribution in [0.3, 0.4) is 0 Å². The van der Waals surface area contributed by atoms with Crippen LogP contribution in [0.2, 0.25) is 0 Å². The van der Waals surface area contributed by atoms with Gasteiger partial charge in [-0.2, -0.15) is 0 Å². The van der Waals surface area contributed by atoms with Gasteiger partial charge in [0, 0.05) is 22.7 Å². The molecule has 0 aliphatic heterocycles. The molecule has 3 heteroatoms. The third-order valence-electron chi connectivity index (χ3n) is 2.91. The van der Waals surface area contributed by atoms with Crippen molar-refractivity contribution in [3.8, 4) is 5.75 Å². The van der Waals surface area contributed by atoms with Crippen molar-refractivity contribution < 1.29 is 9.84 Å². The molecule has 0 aliphatic carbocycles. The minimum Gasteiger partial charge on any atom is -0.493 e. The number of benzene rings is 1. The van der Waals surface area contributed by atoms with Crippen molar-refractivity contribution in [3.05, 3.63) is 30.0 Å². The number of rotatable bonds is 5. The Kier molecular flexibility index (Phi) is 3.69. The number of H-pyrrole nitrogens is 1. The molecule has 2 aromatic rings. The molecule has 1 aromatic heterocycles. The van der Waals surface area contributed by atoms with Gasteiger partial charge in [-0.1, -0.05) is 19.9 Å². The van der Waals surface area contributed by atoms with Gasteiger partial charge in [0.1, 0.15) is 5.75 Å². The Bertz CT molecular complexity index is 490. The summed E-state index contributed by atoms with van der Waals surface area (Å²) in [5.41, 5.74) is 1.94. The summed E-state index contributed by atoms with van der Waals surface area (Å²) in [4.78, 5) is 3.18. The van der Waals surface area contributed by atoms with E-state index in [1.807, 2.05) is 31.3 Å². The summed E-state index contributed by atoms with van der Waals surface area (Å²) in [5.74, 6) is 0.855. The Balaban J connectivity index is 2.47. The maximum absolute atomic E-state index is 9.99. The molecule has 0 spiro atoms. The molecule has 0 bridgehead atoms. The Morgan fingerprint density at radius 2 is 2.18 bits per heavy atom. The number of nitrogens with one attached hydrogen (secondary N) is 1. The molecule has 0 fully saturated rings. The number of hydrogen-bond donors (Lipinski definition) is 2. The first kappa shape index (κ1) is 12.0. The van der Waals surface area contributed by atoms with E-state index in [0.717, 1.165) is 28.6 Å². The normalized spacial score (nSPS) is 12.9. The zero-order valence-corrected chi connectivity index (χ0v) is 10.4. The molecule has 1 aromatic carbocycles. The van der Waals surface area contributed by atoms with Crippen LogP contribution in [0.1, 0.15) is 38.4 Å². The van der Waals surface area contributed by atoms with E-state index in [1.165, 1.54) is 0 Å². The molecule has 2 rings (SSSR count). The summed E-state index contributed by atoms with van der Waals surface area (Å²) in [6.07, 6.45) is 3.12. The van der Waals surface area contributed by atoms with Crippen LogP contribution in [0.15, 0.2) is 24.4 Å². The molecule has 92 valence electrons. The third-order valence-corrected chi connectivity index (χ3v) is 2.91. The third kappa shape index (κ3) is 2.29. The molecule has 0 radical (unpaired) electrons. The topological polar surface area (TPSA) is 45.2 Å². The van der Waals surface area contributed by atoms with Crippen molar-refractivity contribution in [3.63, 3.8) is 0 Å². The molecular weight excluding hydrogens is 214 g/mol. The van der Waals surface area contributed by atoms with Gasteiger partial charge in [-0.25, -0.2) is 0 Å². The number of aliphatic hydroxyl groups is 1. The Morgan fingerprint density at radius 1 is 1.35 bits per heavy atom. The highest BCUT2D eigenvalue weighted by atomic mass is 16.5. The van der Waals surface area contributed by atoms with Gasteiger partial charge in [-0.15, -0.1) is 0 Å².